The molecule has 0 aliphatic rings. The number of carbonyl (C=O) groups excluding carboxylic acids is 1. The molecule has 3 aromatic rings. The number of nitrogens with one attached hydrogen (secondary N) is 1. The molecule has 0 saturated heterocycles. The average Bonchev–Trinajstić information content (AvgIpc) is 3.18. The normalized spacial score (nSPS) is 10.6. The summed E-state index contributed by atoms with van der Waals surface area (Å²) in [6.07, 6.45) is 0. The van der Waals surface area contributed by atoms with E-state index in [9.17, 15) is 9.18 Å². The third kappa shape index (κ3) is 3.52. The molecule has 0 aliphatic heterocycles. The summed E-state index contributed by atoms with van der Waals surface area (Å²) in [6.45, 7) is 0. The molecule has 0 spiro atoms. The van der Waals surface area contributed by atoms with Crippen molar-refractivity contribution < 1.29 is 13.6 Å². The van der Waals surface area contributed by atoms with Gasteiger partial charge in [0.1, 0.15) is 5.82 Å². The second-order valence-corrected chi connectivity index (χ2v) is 6.04. The van der Waals surface area contributed by atoms with Crippen LogP contribution in [-0.4, -0.2) is 21.9 Å². The molecule has 22 heavy (non-hydrogen) atoms. The number of amides is 1. The highest BCUT2D eigenvalue weighted by molar-refractivity contribution is 7.99. The number of benzene rings is 1. The van der Waals surface area contributed by atoms with E-state index in [0.717, 1.165) is 16.6 Å². The maximum atomic E-state index is 13.4. The number of hydrogen-bond acceptors (Lipinski definition) is 6. The third-order valence-corrected chi connectivity index (χ3v) is 4.29. The maximum Gasteiger partial charge on any atom is 0.277 e. The van der Waals surface area contributed by atoms with Crippen molar-refractivity contribution in [2.24, 2.45) is 0 Å². The predicted octanol–water partition coefficient (Wildman–Crippen LogP) is 3.67. The van der Waals surface area contributed by atoms with E-state index in [4.69, 9.17) is 4.42 Å². The molecule has 0 unspecified atom stereocenters. The van der Waals surface area contributed by atoms with Gasteiger partial charge in [-0.2, -0.15) is 0 Å². The minimum absolute atomic E-state index is 0.0560. The van der Waals surface area contributed by atoms with Gasteiger partial charge in [-0.1, -0.05) is 30.0 Å². The predicted molar refractivity (Wildman–Crippen MR) is 83.4 cm³/mol. The fourth-order valence-corrected chi connectivity index (χ4v) is 2.85. The van der Waals surface area contributed by atoms with Crippen molar-refractivity contribution in [1.29, 1.82) is 0 Å². The monoisotopic (exact) mass is 335 g/mol. The smallest absolute Gasteiger partial charge is 0.277 e. The van der Waals surface area contributed by atoms with Crippen LogP contribution in [0.25, 0.3) is 10.8 Å². The molecule has 0 aliphatic carbocycles. The molecule has 2 aromatic heterocycles. The number of rotatable bonds is 5. The standard InChI is InChI=1S/C14H10FN3O2S2/c15-9-4-1-2-5-10(9)16-12(19)8-22-14-18-17-13(20-14)11-6-3-7-21-11/h1-7H,8H2,(H,16,19). The molecule has 0 fully saturated rings. The van der Waals surface area contributed by atoms with Crippen molar-refractivity contribution in [2.75, 3.05) is 11.1 Å². The van der Waals surface area contributed by atoms with Gasteiger partial charge < -0.3 is 9.73 Å². The van der Waals surface area contributed by atoms with Crippen molar-refractivity contribution in [3.63, 3.8) is 0 Å². The molecule has 2 heterocycles. The van der Waals surface area contributed by atoms with E-state index >= 15 is 0 Å². The number of halogens is 1. The minimum atomic E-state index is -0.473. The Labute approximate surface area is 133 Å². The zero-order valence-corrected chi connectivity index (χ0v) is 12.8. The summed E-state index contributed by atoms with van der Waals surface area (Å²) in [7, 11) is 0. The molecule has 112 valence electrons. The SMILES string of the molecule is O=C(CSc1nnc(-c2cccs2)o1)Nc1ccccc1F. The van der Waals surface area contributed by atoms with Crippen LogP contribution in [0.2, 0.25) is 0 Å². The molecule has 0 atom stereocenters. The van der Waals surface area contributed by atoms with Crippen molar-refractivity contribution in [3.8, 4) is 10.8 Å². The number of thioether (sulfide) groups is 1. The summed E-state index contributed by atoms with van der Waals surface area (Å²) in [5, 5.41) is 12.5. The van der Waals surface area contributed by atoms with E-state index in [1.54, 1.807) is 12.1 Å². The Balaban J connectivity index is 1.56. The van der Waals surface area contributed by atoms with Crippen LogP contribution in [-0.2, 0) is 4.79 Å². The Hall–Kier alpha value is -2.19. The first-order valence-corrected chi connectivity index (χ1v) is 8.13. The Morgan fingerprint density at radius 1 is 1.27 bits per heavy atom. The first kappa shape index (κ1) is 14.7. The number of thiophene rings is 1. The van der Waals surface area contributed by atoms with E-state index in [2.05, 4.69) is 15.5 Å². The Morgan fingerprint density at radius 3 is 2.91 bits per heavy atom. The second-order valence-electron chi connectivity index (χ2n) is 4.17. The van der Waals surface area contributed by atoms with Crippen molar-refractivity contribution in [2.45, 2.75) is 5.22 Å². The number of nitrogens with zero attached hydrogens (tertiary/aromatic N) is 2. The van der Waals surface area contributed by atoms with Gasteiger partial charge in [-0.15, -0.1) is 21.5 Å². The van der Waals surface area contributed by atoms with Gasteiger partial charge >= 0.3 is 0 Å². The lowest BCUT2D eigenvalue weighted by atomic mass is 10.3. The molecule has 0 bridgehead atoms. The van der Waals surface area contributed by atoms with Crippen LogP contribution >= 0.6 is 23.1 Å². The van der Waals surface area contributed by atoms with Gasteiger partial charge in [0.25, 0.3) is 11.1 Å². The molecule has 3 rings (SSSR count). The Bertz CT molecular complexity index is 774. The van der Waals surface area contributed by atoms with Gasteiger partial charge in [0.2, 0.25) is 5.91 Å². The molecule has 0 radical (unpaired) electrons. The van der Waals surface area contributed by atoms with E-state index in [-0.39, 0.29) is 17.3 Å². The van der Waals surface area contributed by atoms with Crippen LogP contribution in [0.1, 0.15) is 0 Å². The van der Waals surface area contributed by atoms with Crippen LogP contribution < -0.4 is 5.32 Å². The lowest BCUT2D eigenvalue weighted by Crippen LogP contribution is -2.14. The van der Waals surface area contributed by atoms with E-state index in [0.29, 0.717) is 11.1 Å². The summed E-state index contributed by atoms with van der Waals surface area (Å²) >= 11 is 2.59. The minimum Gasteiger partial charge on any atom is -0.410 e. The number of anilines is 1. The summed E-state index contributed by atoms with van der Waals surface area (Å²) < 4.78 is 18.9. The largest absolute Gasteiger partial charge is 0.410 e. The highest BCUT2D eigenvalue weighted by atomic mass is 32.2. The quantitative estimate of drug-likeness (QED) is 0.721. The number of carbonyl (C=O) groups is 1. The van der Waals surface area contributed by atoms with Gasteiger partial charge in [-0.3, -0.25) is 4.79 Å². The molecule has 1 N–H and O–H groups in total. The summed E-state index contributed by atoms with van der Waals surface area (Å²) in [5.74, 6) is -0.336. The highest BCUT2D eigenvalue weighted by Crippen LogP contribution is 2.26. The Kier molecular flexibility index (Phi) is 4.50. The van der Waals surface area contributed by atoms with Crippen LogP contribution in [0.15, 0.2) is 51.4 Å². The van der Waals surface area contributed by atoms with Crippen LogP contribution in [0.4, 0.5) is 10.1 Å². The number of aromatic nitrogens is 2. The molecule has 5 nitrogen and oxygen atoms in total. The van der Waals surface area contributed by atoms with Crippen molar-refractivity contribution >= 4 is 34.7 Å². The second kappa shape index (κ2) is 6.71. The number of para-hydroxylation sites is 1. The van der Waals surface area contributed by atoms with Crippen molar-refractivity contribution in [3.05, 3.63) is 47.6 Å². The molecule has 8 heteroatoms. The lowest BCUT2D eigenvalue weighted by molar-refractivity contribution is -0.113. The van der Waals surface area contributed by atoms with E-state index in [1.165, 1.54) is 23.5 Å². The molecular weight excluding hydrogens is 325 g/mol. The summed E-state index contributed by atoms with van der Waals surface area (Å²) in [6, 6.07) is 9.76. The fourth-order valence-electron chi connectivity index (χ4n) is 1.64. The maximum absolute atomic E-state index is 13.4. The highest BCUT2D eigenvalue weighted by Gasteiger charge is 2.12. The van der Waals surface area contributed by atoms with Gasteiger partial charge in [0.05, 0.1) is 16.3 Å². The first-order chi connectivity index (χ1) is 10.7. The van der Waals surface area contributed by atoms with Crippen LogP contribution in [0, 0.1) is 5.82 Å². The topological polar surface area (TPSA) is 68.0 Å². The lowest BCUT2D eigenvalue weighted by Gasteiger charge is -2.04. The van der Waals surface area contributed by atoms with E-state index in [1.807, 2.05) is 17.5 Å². The molecule has 1 amide bonds. The molecule has 0 saturated carbocycles. The summed E-state index contributed by atoms with van der Waals surface area (Å²) in [5.41, 5.74) is 0.151. The van der Waals surface area contributed by atoms with Crippen LogP contribution in [0.3, 0.4) is 0 Å². The van der Waals surface area contributed by atoms with Gasteiger partial charge in [0.15, 0.2) is 0 Å². The number of hydrogen-bond donors (Lipinski definition) is 1. The van der Waals surface area contributed by atoms with Gasteiger partial charge in [-0.25, -0.2) is 4.39 Å². The zero-order valence-electron chi connectivity index (χ0n) is 11.2. The van der Waals surface area contributed by atoms with Gasteiger partial charge in [-0.05, 0) is 23.6 Å². The molecular formula is C14H10FN3O2S2. The molecule has 1 aromatic carbocycles. The van der Waals surface area contributed by atoms with Crippen molar-refractivity contribution in [1.82, 2.24) is 10.2 Å². The fraction of sp³-hybridized carbons (Fsp3) is 0.0714. The van der Waals surface area contributed by atoms with E-state index < -0.39 is 5.82 Å². The third-order valence-electron chi connectivity index (χ3n) is 2.61. The summed E-state index contributed by atoms with van der Waals surface area (Å²) in [4.78, 5) is 12.7. The Morgan fingerprint density at radius 2 is 2.14 bits per heavy atom. The van der Waals surface area contributed by atoms with Crippen LogP contribution in [0.5, 0.6) is 0 Å². The first-order valence-electron chi connectivity index (χ1n) is 6.27. The zero-order chi connectivity index (χ0) is 15.4. The average molecular weight is 335 g/mol. The van der Waals surface area contributed by atoms with Gasteiger partial charge in [0, 0.05) is 0 Å².